The average Bonchev–Trinajstić information content (AvgIpc) is 2.83. The number of sulfonamides is 1. The molecule has 3 aromatic carbocycles. The molecule has 0 aliphatic carbocycles. The first-order valence-corrected chi connectivity index (χ1v) is 12.9. The van der Waals surface area contributed by atoms with Gasteiger partial charge < -0.3 is 0 Å². The number of anilines is 1. The van der Waals surface area contributed by atoms with Crippen LogP contribution in [0.3, 0.4) is 0 Å². The van der Waals surface area contributed by atoms with Crippen LogP contribution in [0.2, 0.25) is 0 Å². The first-order valence-electron chi connectivity index (χ1n) is 10.2. The van der Waals surface area contributed by atoms with E-state index in [2.05, 4.69) is 30.3 Å². The molecule has 0 atom stereocenters. The number of alkyl halides is 3. The monoisotopic (exact) mass is 489 g/mol. The smallest absolute Gasteiger partial charge is 0.283 e. The zero-order chi connectivity index (χ0) is 23.8. The Morgan fingerprint density at radius 2 is 1.67 bits per heavy atom. The molecule has 0 fully saturated rings. The number of nitrogens with one attached hydrogen (secondary N) is 1. The van der Waals surface area contributed by atoms with Crippen molar-refractivity contribution >= 4 is 39.1 Å². The minimum Gasteiger partial charge on any atom is -0.283 e. The maximum Gasteiger partial charge on any atom is 0.404 e. The molecule has 1 aliphatic heterocycles. The third-order valence-electron chi connectivity index (χ3n) is 5.19. The van der Waals surface area contributed by atoms with Crippen molar-refractivity contribution in [3.8, 4) is 0 Å². The number of hydrogen-bond acceptors (Lipinski definition) is 3. The van der Waals surface area contributed by atoms with Crippen molar-refractivity contribution in [3.63, 3.8) is 0 Å². The van der Waals surface area contributed by atoms with Crippen molar-refractivity contribution in [2.75, 3.05) is 10.5 Å². The second-order valence-corrected chi connectivity index (χ2v) is 10.8. The number of fused-ring (bicyclic) bond motifs is 2. The van der Waals surface area contributed by atoms with Gasteiger partial charge in [-0.3, -0.25) is 4.72 Å². The fourth-order valence-corrected chi connectivity index (χ4v) is 5.96. The Hall–Kier alpha value is -2.71. The lowest BCUT2D eigenvalue weighted by molar-refractivity contribution is -0.106. The molecule has 0 aromatic heterocycles. The molecule has 0 amide bonds. The maximum absolute atomic E-state index is 12.6. The second-order valence-electron chi connectivity index (χ2n) is 8.11. The summed E-state index contributed by atoms with van der Waals surface area (Å²) in [6.07, 6.45) is -2.86. The zero-order valence-corrected chi connectivity index (χ0v) is 19.7. The topological polar surface area (TPSA) is 46.2 Å². The Balaban J connectivity index is 1.78. The van der Waals surface area contributed by atoms with E-state index in [9.17, 15) is 21.6 Å². The molecule has 1 heterocycles. The SMILES string of the molecule is Cc1ccc2c(c1)CSc1cc(C)ccc1/C2=C\c1cccc(NS(=O)(=O)CC(F)(F)F)c1. The van der Waals surface area contributed by atoms with E-state index in [4.69, 9.17) is 0 Å². The summed E-state index contributed by atoms with van der Waals surface area (Å²) in [5.74, 6) is -1.11. The molecule has 0 saturated heterocycles. The van der Waals surface area contributed by atoms with E-state index in [1.165, 1.54) is 11.6 Å². The van der Waals surface area contributed by atoms with Crippen LogP contribution < -0.4 is 4.72 Å². The van der Waals surface area contributed by atoms with E-state index in [-0.39, 0.29) is 5.69 Å². The highest BCUT2D eigenvalue weighted by Crippen LogP contribution is 2.41. The van der Waals surface area contributed by atoms with Gasteiger partial charge in [-0.05, 0) is 71.5 Å². The predicted octanol–water partition coefficient (Wildman–Crippen LogP) is 6.80. The van der Waals surface area contributed by atoms with E-state index >= 15 is 0 Å². The summed E-state index contributed by atoms with van der Waals surface area (Å²) in [6.45, 7) is 4.09. The highest BCUT2D eigenvalue weighted by molar-refractivity contribution is 7.98. The molecule has 0 radical (unpaired) electrons. The fourth-order valence-electron chi connectivity index (χ4n) is 3.82. The van der Waals surface area contributed by atoms with Crippen LogP contribution in [0, 0.1) is 13.8 Å². The summed E-state index contributed by atoms with van der Waals surface area (Å²) in [7, 11) is -4.55. The molecule has 0 saturated carbocycles. The molecule has 0 spiro atoms. The highest BCUT2D eigenvalue weighted by Gasteiger charge is 2.35. The van der Waals surface area contributed by atoms with E-state index in [0.717, 1.165) is 38.5 Å². The van der Waals surface area contributed by atoms with Crippen molar-refractivity contribution in [2.45, 2.75) is 30.7 Å². The van der Waals surface area contributed by atoms with Crippen LogP contribution in [0.1, 0.15) is 33.4 Å². The molecule has 3 aromatic rings. The molecule has 4 rings (SSSR count). The molecular formula is C25H22F3NO2S2. The molecule has 0 bridgehead atoms. The number of aryl methyl sites for hydroxylation is 2. The highest BCUT2D eigenvalue weighted by atomic mass is 32.2. The number of benzene rings is 3. The van der Waals surface area contributed by atoms with E-state index in [0.29, 0.717) is 5.56 Å². The third-order valence-corrected chi connectivity index (χ3v) is 7.54. The maximum atomic E-state index is 12.6. The van der Waals surface area contributed by atoms with Crippen LogP contribution in [0.5, 0.6) is 0 Å². The molecule has 1 N–H and O–H groups in total. The normalized spacial score (nSPS) is 15.0. The van der Waals surface area contributed by atoms with Gasteiger partial charge in [-0.2, -0.15) is 13.2 Å². The van der Waals surface area contributed by atoms with Crippen molar-refractivity contribution in [1.82, 2.24) is 0 Å². The molecule has 1 aliphatic rings. The minimum atomic E-state index is -4.81. The Morgan fingerprint density at radius 1 is 0.970 bits per heavy atom. The van der Waals surface area contributed by atoms with Crippen LogP contribution in [-0.2, 0) is 15.8 Å². The number of hydrogen-bond donors (Lipinski definition) is 1. The molecular weight excluding hydrogens is 467 g/mol. The van der Waals surface area contributed by atoms with Gasteiger partial charge in [0.25, 0.3) is 0 Å². The summed E-state index contributed by atoms with van der Waals surface area (Å²) in [5, 5.41) is 0. The van der Waals surface area contributed by atoms with Crippen LogP contribution in [-0.4, -0.2) is 20.3 Å². The van der Waals surface area contributed by atoms with Crippen LogP contribution in [0.4, 0.5) is 18.9 Å². The van der Waals surface area contributed by atoms with Crippen molar-refractivity contribution in [3.05, 3.63) is 94.0 Å². The number of thioether (sulfide) groups is 1. The van der Waals surface area contributed by atoms with Crippen molar-refractivity contribution in [1.29, 1.82) is 0 Å². The first-order chi connectivity index (χ1) is 15.5. The van der Waals surface area contributed by atoms with Gasteiger partial charge in [0.1, 0.15) is 0 Å². The molecule has 3 nitrogen and oxygen atoms in total. The van der Waals surface area contributed by atoms with Crippen LogP contribution in [0.15, 0.2) is 65.6 Å². The standard InChI is InChI=1S/C25H22F3NO2S2/c1-16-6-8-21-19(10-16)14-32-24-11-17(2)7-9-22(24)23(21)13-18-4-3-5-20(12-18)29-33(30,31)15-25(26,27)28/h3-13,29H,14-15H2,1-2H3/b23-13-. The summed E-state index contributed by atoms with van der Waals surface area (Å²) in [5.41, 5.74) is 7.42. The van der Waals surface area contributed by atoms with Gasteiger partial charge in [0.05, 0.1) is 0 Å². The quantitative estimate of drug-likeness (QED) is 0.438. The fraction of sp³-hybridized carbons (Fsp3) is 0.200. The van der Waals surface area contributed by atoms with Gasteiger partial charge in [0, 0.05) is 16.3 Å². The number of halogens is 3. The van der Waals surface area contributed by atoms with Gasteiger partial charge in [-0.1, -0.05) is 48.0 Å². The van der Waals surface area contributed by atoms with Gasteiger partial charge in [-0.15, -0.1) is 11.8 Å². The third kappa shape index (κ3) is 5.81. The molecule has 0 unspecified atom stereocenters. The minimum absolute atomic E-state index is 0.0878. The summed E-state index contributed by atoms with van der Waals surface area (Å²) in [6, 6.07) is 19.0. The Morgan fingerprint density at radius 3 is 2.39 bits per heavy atom. The summed E-state index contributed by atoms with van der Waals surface area (Å²) in [4.78, 5) is 1.15. The lowest BCUT2D eigenvalue weighted by Gasteiger charge is -2.14. The van der Waals surface area contributed by atoms with E-state index in [1.807, 2.05) is 30.7 Å². The molecule has 33 heavy (non-hydrogen) atoms. The van der Waals surface area contributed by atoms with E-state index in [1.54, 1.807) is 30.0 Å². The lowest BCUT2D eigenvalue weighted by atomic mass is 9.91. The molecule has 8 heteroatoms. The number of rotatable bonds is 4. The van der Waals surface area contributed by atoms with Gasteiger partial charge >= 0.3 is 6.18 Å². The summed E-state index contributed by atoms with van der Waals surface area (Å²) >= 11 is 1.77. The predicted molar refractivity (Wildman–Crippen MR) is 129 cm³/mol. The Kier molecular flexibility index (Phi) is 6.33. The first kappa shape index (κ1) is 23.4. The Bertz CT molecular complexity index is 1290. The van der Waals surface area contributed by atoms with E-state index < -0.39 is 22.0 Å². The average molecular weight is 490 g/mol. The van der Waals surface area contributed by atoms with Crippen LogP contribution in [0.25, 0.3) is 11.6 Å². The Labute approximate surface area is 195 Å². The van der Waals surface area contributed by atoms with Crippen molar-refractivity contribution < 1.29 is 21.6 Å². The lowest BCUT2D eigenvalue weighted by Crippen LogP contribution is -2.27. The van der Waals surface area contributed by atoms with Gasteiger partial charge in [0.2, 0.25) is 10.0 Å². The summed E-state index contributed by atoms with van der Waals surface area (Å²) < 4.78 is 63.6. The molecule has 172 valence electrons. The second kappa shape index (κ2) is 8.91. The van der Waals surface area contributed by atoms with Gasteiger partial charge in [-0.25, -0.2) is 8.42 Å². The van der Waals surface area contributed by atoms with Crippen molar-refractivity contribution in [2.24, 2.45) is 0 Å². The zero-order valence-electron chi connectivity index (χ0n) is 18.0. The largest absolute Gasteiger partial charge is 0.404 e. The van der Waals surface area contributed by atoms with Crippen LogP contribution >= 0.6 is 11.8 Å². The van der Waals surface area contributed by atoms with Gasteiger partial charge in [0.15, 0.2) is 5.75 Å².